The van der Waals surface area contributed by atoms with Crippen LogP contribution in [-0.4, -0.2) is 42.2 Å². The normalized spacial score (nSPS) is 23.5. The molecule has 3 nitrogen and oxygen atoms in total. The highest BCUT2D eigenvalue weighted by molar-refractivity contribution is 8.00. The van der Waals surface area contributed by atoms with Crippen LogP contribution in [-0.2, 0) is 4.79 Å². The lowest BCUT2D eigenvalue weighted by atomic mass is 9.92. The Bertz CT molecular complexity index is 498. The van der Waals surface area contributed by atoms with Gasteiger partial charge in [-0.2, -0.15) is 0 Å². The van der Waals surface area contributed by atoms with Crippen molar-refractivity contribution < 1.29 is 9.18 Å². The van der Waals surface area contributed by atoms with E-state index in [9.17, 15) is 9.18 Å². The molecule has 3 atom stereocenters. The van der Waals surface area contributed by atoms with Gasteiger partial charge in [0.05, 0.1) is 5.75 Å². The molecule has 1 aromatic carbocycles. The van der Waals surface area contributed by atoms with Crippen LogP contribution in [0.5, 0.6) is 0 Å². The summed E-state index contributed by atoms with van der Waals surface area (Å²) >= 11 is 1.43. The van der Waals surface area contributed by atoms with Crippen molar-refractivity contribution in [1.29, 1.82) is 0 Å². The Kier molecular flexibility index (Phi) is 6.90. The zero-order valence-corrected chi connectivity index (χ0v) is 15.0. The molecule has 1 aromatic rings. The first-order chi connectivity index (χ1) is 10.9. The molecule has 0 aromatic heterocycles. The molecule has 1 aliphatic rings. The Labute approximate surface area is 143 Å². The summed E-state index contributed by atoms with van der Waals surface area (Å²) < 4.78 is 12.8. The van der Waals surface area contributed by atoms with Crippen molar-refractivity contribution in [3.05, 3.63) is 30.1 Å². The largest absolute Gasteiger partial charge is 0.352 e. The molecule has 1 aliphatic heterocycles. The quantitative estimate of drug-likeness (QED) is 0.807. The molecule has 1 saturated heterocycles. The molecule has 1 N–H and O–H groups in total. The third-order valence-electron chi connectivity index (χ3n) is 4.07. The van der Waals surface area contributed by atoms with E-state index in [2.05, 4.69) is 31.0 Å². The Morgan fingerprint density at radius 1 is 1.30 bits per heavy atom. The van der Waals surface area contributed by atoms with Crippen LogP contribution in [0, 0.1) is 17.7 Å². The number of hydrogen-bond acceptors (Lipinski definition) is 3. The van der Waals surface area contributed by atoms with Crippen molar-refractivity contribution in [1.82, 2.24) is 10.2 Å². The van der Waals surface area contributed by atoms with Crippen LogP contribution in [0.3, 0.4) is 0 Å². The van der Waals surface area contributed by atoms with Crippen LogP contribution in [0.2, 0.25) is 0 Å². The van der Waals surface area contributed by atoms with E-state index in [0.29, 0.717) is 5.75 Å². The lowest BCUT2D eigenvalue weighted by Crippen LogP contribution is -2.47. The molecule has 128 valence electrons. The second-order valence-corrected chi connectivity index (χ2v) is 7.92. The van der Waals surface area contributed by atoms with E-state index < -0.39 is 0 Å². The van der Waals surface area contributed by atoms with Crippen LogP contribution in [0.15, 0.2) is 29.2 Å². The van der Waals surface area contributed by atoms with Gasteiger partial charge in [0, 0.05) is 30.6 Å². The Morgan fingerprint density at radius 2 is 1.91 bits per heavy atom. The molecule has 5 heteroatoms. The first kappa shape index (κ1) is 18.3. The standard InChI is InChI=1S/C18H27FN2OS/c1-13-8-14(2)10-21(9-13)11-15(3)20-18(22)12-23-17-6-4-16(19)5-7-17/h4-7,13-15H,8-12H2,1-3H3,(H,20,22)/t13-,14+,15-/m1/s1. The van der Waals surface area contributed by atoms with Crippen molar-refractivity contribution in [2.24, 2.45) is 11.8 Å². The number of likely N-dealkylation sites (tertiary alicyclic amines) is 1. The minimum absolute atomic E-state index is 0.0323. The van der Waals surface area contributed by atoms with E-state index in [1.807, 2.05) is 0 Å². The van der Waals surface area contributed by atoms with Gasteiger partial charge in [-0.25, -0.2) is 4.39 Å². The maximum atomic E-state index is 12.8. The van der Waals surface area contributed by atoms with Crippen LogP contribution in [0.4, 0.5) is 4.39 Å². The number of piperidine rings is 1. The van der Waals surface area contributed by atoms with Crippen molar-refractivity contribution in [3.8, 4) is 0 Å². The molecule has 0 saturated carbocycles. The molecular weight excluding hydrogens is 311 g/mol. The lowest BCUT2D eigenvalue weighted by Gasteiger charge is -2.36. The fourth-order valence-corrected chi connectivity index (χ4v) is 4.08. The van der Waals surface area contributed by atoms with Gasteiger partial charge >= 0.3 is 0 Å². The number of hydrogen-bond donors (Lipinski definition) is 1. The number of thioether (sulfide) groups is 1. The van der Waals surface area contributed by atoms with Crippen molar-refractivity contribution in [3.63, 3.8) is 0 Å². The number of amides is 1. The van der Waals surface area contributed by atoms with Crippen LogP contribution < -0.4 is 5.32 Å². The second-order valence-electron chi connectivity index (χ2n) is 6.88. The van der Waals surface area contributed by atoms with Gasteiger partial charge in [-0.15, -0.1) is 11.8 Å². The Balaban J connectivity index is 1.70. The minimum atomic E-state index is -0.252. The zero-order chi connectivity index (χ0) is 16.8. The SMILES string of the molecule is C[C@@H]1C[C@H](C)CN(C[C@@H](C)NC(=O)CSc2ccc(F)cc2)C1. The number of benzene rings is 1. The van der Waals surface area contributed by atoms with Gasteiger partial charge in [-0.05, 0) is 49.4 Å². The summed E-state index contributed by atoms with van der Waals surface area (Å²) in [6.45, 7) is 9.80. The highest BCUT2D eigenvalue weighted by atomic mass is 32.2. The minimum Gasteiger partial charge on any atom is -0.352 e. The molecule has 0 radical (unpaired) electrons. The monoisotopic (exact) mass is 338 g/mol. The molecule has 1 heterocycles. The molecule has 2 rings (SSSR count). The van der Waals surface area contributed by atoms with E-state index in [-0.39, 0.29) is 17.8 Å². The lowest BCUT2D eigenvalue weighted by molar-refractivity contribution is -0.119. The van der Waals surface area contributed by atoms with Crippen LogP contribution in [0.1, 0.15) is 27.2 Å². The second kappa shape index (κ2) is 8.69. The van der Waals surface area contributed by atoms with E-state index in [1.165, 1.54) is 30.3 Å². The predicted octanol–water partition coefficient (Wildman–Crippen LogP) is 3.40. The summed E-state index contributed by atoms with van der Waals surface area (Å²) in [5, 5.41) is 3.06. The van der Waals surface area contributed by atoms with Gasteiger partial charge in [-0.3, -0.25) is 4.79 Å². The maximum absolute atomic E-state index is 12.8. The molecule has 0 bridgehead atoms. The van der Waals surface area contributed by atoms with Crippen molar-refractivity contribution >= 4 is 17.7 Å². The smallest absolute Gasteiger partial charge is 0.230 e. The fourth-order valence-electron chi connectivity index (χ4n) is 3.37. The van der Waals surface area contributed by atoms with Gasteiger partial charge < -0.3 is 10.2 Å². The van der Waals surface area contributed by atoms with E-state index >= 15 is 0 Å². The molecular formula is C18H27FN2OS. The highest BCUT2D eigenvalue weighted by Gasteiger charge is 2.23. The molecule has 0 aliphatic carbocycles. The van der Waals surface area contributed by atoms with Gasteiger partial charge in [0.25, 0.3) is 0 Å². The van der Waals surface area contributed by atoms with E-state index in [0.717, 1.165) is 36.4 Å². The van der Waals surface area contributed by atoms with Crippen LogP contribution in [0.25, 0.3) is 0 Å². The maximum Gasteiger partial charge on any atom is 0.230 e. The van der Waals surface area contributed by atoms with E-state index in [1.54, 1.807) is 12.1 Å². The Hall–Kier alpha value is -1.07. The number of carbonyl (C=O) groups is 1. The first-order valence-electron chi connectivity index (χ1n) is 8.32. The number of nitrogens with zero attached hydrogens (tertiary/aromatic N) is 1. The third-order valence-corrected chi connectivity index (χ3v) is 5.08. The van der Waals surface area contributed by atoms with Gasteiger partial charge in [0.2, 0.25) is 5.91 Å². The molecule has 23 heavy (non-hydrogen) atoms. The Morgan fingerprint density at radius 3 is 2.52 bits per heavy atom. The average Bonchev–Trinajstić information content (AvgIpc) is 2.45. The third kappa shape index (κ3) is 6.51. The molecule has 1 fully saturated rings. The van der Waals surface area contributed by atoms with Crippen molar-refractivity contribution in [2.75, 3.05) is 25.4 Å². The fraction of sp³-hybridized carbons (Fsp3) is 0.611. The molecule has 1 amide bonds. The number of carbonyl (C=O) groups excluding carboxylic acids is 1. The summed E-state index contributed by atoms with van der Waals surface area (Å²) in [5.41, 5.74) is 0. The summed E-state index contributed by atoms with van der Waals surface area (Å²) in [7, 11) is 0. The highest BCUT2D eigenvalue weighted by Crippen LogP contribution is 2.21. The predicted molar refractivity (Wildman–Crippen MR) is 94.1 cm³/mol. The first-order valence-corrected chi connectivity index (χ1v) is 9.31. The van der Waals surface area contributed by atoms with Gasteiger partial charge in [0.1, 0.15) is 5.82 Å². The summed E-state index contributed by atoms with van der Waals surface area (Å²) in [6.07, 6.45) is 1.30. The molecule has 0 spiro atoms. The average molecular weight is 338 g/mol. The van der Waals surface area contributed by atoms with Crippen LogP contribution >= 0.6 is 11.8 Å². The number of halogens is 1. The molecule has 0 unspecified atom stereocenters. The van der Waals surface area contributed by atoms with Gasteiger partial charge in [0.15, 0.2) is 0 Å². The van der Waals surface area contributed by atoms with E-state index in [4.69, 9.17) is 0 Å². The summed E-state index contributed by atoms with van der Waals surface area (Å²) in [5.74, 6) is 1.61. The zero-order valence-electron chi connectivity index (χ0n) is 14.2. The summed E-state index contributed by atoms with van der Waals surface area (Å²) in [4.78, 5) is 15.4. The number of nitrogens with one attached hydrogen (secondary N) is 1. The van der Waals surface area contributed by atoms with Gasteiger partial charge in [-0.1, -0.05) is 13.8 Å². The van der Waals surface area contributed by atoms with Crippen molar-refractivity contribution in [2.45, 2.75) is 38.1 Å². The topological polar surface area (TPSA) is 32.3 Å². The number of rotatable bonds is 6. The summed E-state index contributed by atoms with van der Waals surface area (Å²) in [6, 6.07) is 6.39.